The Hall–Kier alpha value is -3.50. The molecule has 0 spiro atoms. The van der Waals surface area contributed by atoms with Crippen molar-refractivity contribution in [2.75, 3.05) is 45.2 Å². The van der Waals surface area contributed by atoms with Crippen LogP contribution in [0.25, 0.3) is 11.0 Å². The minimum absolute atomic E-state index is 0.0889. The minimum Gasteiger partial charge on any atom is -0.805 e. The zero-order valence-corrected chi connectivity index (χ0v) is 20.3. The Kier molecular flexibility index (Phi) is 6.77. The molecule has 1 saturated heterocycles. The Morgan fingerprint density at radius 1 is 1.17 bits per heavy atom. The van der Waals surface area contributed by atoms with Crippen LogP contribution in [0.3, 0.4) is 0 Å². The number of aliphatic hydroxyl groups is 1. The van der Waals surface area contributed by atoms with E-state index < -0.39 is 23.9 Å². The lowest BCUT2D eigenvalue weighted by Gasteiger charge is -2.34. The number of nitrogens with zero attached hydrogens (tertiary/aromatic N) is 5. The van der Waals surface area contributed by atoms with Gasteiger partial charge in [0, 0.05) is 50.3 Å². The van der Waals surface area contributed by atoms with E-state index in [1.165, 1.54) is 24.9 Å². The summed E-state index contributed by atoms with van der Waals surface area (Å²) in [5, 5.41) is 23.7. The third-order valence-corrected chi connectivity index (χ3v) is 6.91. The maximum atomic E-state index is 15.0. The molecule has 1 aliphatic rings. The number of benzene rings is 2. The minimum atomic E-state index is -0.997. The van der Waals surface area contributed by atoms with Crippen LogP contribution in [0.5, 0.6) is 0 Å². The number of aromatic nitrogens is 2. The Balaban J connectivity index is 1.75. The number of likely N-dealkylation sites (N-methyl/N-ethyl adjacent to an activating group) is 2. The van der Waals surface area contributed by atoms with Crippen LogP contribution < -0.4 is 9.33 Å². The topological polar surface area (TPSA) is 98.0 Å². The summed E-state index contributed by atoms with van der Waals surface area (Å²) in [5.74, 6) is -1.31. The van der Waals surface area contributed by atoms with Gasteiger partial charge in [-0.05, 0) is 26.5 Å². The molecular weight excluding hydrogens is 453 g/mol. The van der Waals surface area contributed by atoms with Crippen molar-refractivity contribution in [3.05, 3.63) is 75.3 Å². The van der Waals surface area contributed by atoms with E-state index in [1.807, 2.05) is 18.0 Å². The summed E-state index contributed by atoms with van der Waals surface area (Å²) in [7, 11) is 3.45. The summed E-state index contributed by atoms with van der Waals surface area (Å²) in [6.07, 6.45) is -0.997. The van der Waals surface area contributed by atoms with Gasteiger partial charge in [-0.1, -0.05) is 30.3 Å². The van der Waals surface area contributed by atoms with Gasteiger partial charge in [-0.3, -0.25) is 4.79 Å². The highest BCUT2D eigenvalue weighted by molar-refractivity contribution is 5.93. The Morgan fingerprint density at radius 3 is 2.43 bits per heavy atom. The van der Waals surface area contributed by atoms with Crippen LogP contribution >= 0.6 is 0 Å². The summed E-state index contributed by atoms with van der Waals surface area (Å²) >= 11 is 0. The number of carbonyl (C=O) groups is 1. The van der Waals surface area contributed by atoms with Gasteiger partial charge in [0.2, 0.25) is 0 Å². The van der Waals surface area contributed by atoms with Crippen LogP contribution in [-0.4, -0.2) is 71.9 Å². The number of anilines is 1. The number of amides is 1. The number of hydrogen-bond acceptors (Lipinski definition) is 6. The van der Waals surface area contributed by atoms with E-state index >= 15 is 0 Å². The summed E-state index contributed by atoms with van der Waals surface area (Å²) < 4.78 is 15.8. The third-order valence-electron chi connectivity index (χ3n) is 6.91. The molecule has 1 N–H and O–H groups in total. The van der Waals surface area contributed by atoms with Gasteiger partial charge in [0.1, 0.15) is 11.3 Å². The molecule has 1 aliphatic heterocycles. The van der Waals surface area contributed by atoms with Gasteiger partial charge in [0.25, 0.3) is 5.52 Å². The number of carbonyl (C=O) groups excluding carboxylic acids is 1. The maximum Gasteiger partial charge on any atom is 0.346 e. The molecule has 9 nitrogen and oxygen atoms in total. The maximum absolute atomic E-state index is 15.0. The number of fused-ring (bicyclic) bond motifs is 1. The molecule has 0 aliphatic carbocycles. The van der Waals surface area contributed by atoms with Crippen molar-refractivity contribution in [3.8, 4) is 0 Å². The van der Waals surface area contributed by atoms with Gasteiger partial charge in [-0.15, -0.1) is 0 Å². The zero-order valence-electron chi connectivity index (χ0n) is 20.3. The fourth-order valence-corrected chi connectivity index (χ4v) is 4.43. The van der Waals surface area contributed by atoms with Crippen molar-refractivity contribution in [3.63, 3.8) is 0 Å². The fraction of sp³-hybridized carbons (Fsp3) is 0.400. The number of rotatable bonds is 5. The van der Waals surface area contributed by atoms with Crippen molar-refractivity contribution in [1.82, 2.24) is 14.5 Å². The smallest absolute Gasteiger partial charge is 0.346 e. The molecule has 0 radical (unpaired) electrons. The third kappa shape index (κ3) is 4.46. The van der Waals surface area contributed by atoms with Crippen LogP contribution in [0.1, 0.15) is 34.8 Å². The Bertz CT molecular complexity index is 1300. The standard InChI is InChI=1S/C25H30FN5O4/c1-16-23(25(33)28(4)17(2)24(32)18-8-6-5-7-9-18)31(35)22-15-20(19(26)14-21(22)30(16)34)29-12-10-27(3)11-13-29/h5-9,14-15,17,24,32H,10-13H2,1-4H3. The molecule has 3 aromatic rings. The molecule has 1 aromatic heterocycles. The van der Waals surface area contributed by atoms with E-state index in [-0.39, 0.29) is 28.1 Å². The molecule has 2 heterocycles. The summed E-state index contributed by atoms with van der Waals surface area (Å²) in [6, 6.07) is 10.6. The van der Waals surface area contributed by atoms with E-state index in [9.17, 15) is 24.4 Å². The number of piperazine rings is 1. The summed E-state index contributed by atoms with van der Waals surface area (Å²) in [5.41, 5.74) is 0.101. The lowest BCUT2D eigenvalue weighted by Crippen LogP contribution is -2.45. The van der Waals surface area contributed by atoms with E-state index in [2.05, 4.69) is 4.90 Å². The molecule has 1 amide bonds. The van der Waals surface area contributed by atoms with E-state index in [0.29, 0.717) is 27.8 Å². The number of aliphatic hydroxyl groups excluding tert-OH is 1. The first-order valence-corrected chi connectivity index (χ1v) is 11.5. The molecule has 0 saturated carbocycles. The van der Waals surface area contributed by atoms with Crippen molar-refractivity contribution in [1.29, 1.82) is 0 Å². The molecule has 2 atom stereocenters. The van der Waals surface area contributed by atoms with Gasteiger partial charge < -0.3 is 29.7 Å². The van der Waals surface area contributed by atoms with Crippen LogP contribution in [0, 0.1) is 22.9 Å². The molecule has 186 valence electrons. The molecular formula is C25H30FN5O4. The van der Waals surface area contributed by atoms with Gasteiger partial charge >= 0.3 is 11.6 Å². The summed E-state index contributed by atoms with van der Waals surface area (Å²) in [6.45, 7) is 5.63. The average Bonchev–Trinajstić information content (AvgIpc) is 2.87. The second-order valence-electron chi connectivity index (χ2n) is 9.12. The normalized spacial score (nSPS) is 16.3. The molecule has 0 bridgehead atoms. The number of hydrogen-bond donors (Lipinski definition) is 1. The lowest BCUT2D eigenvalue weighted by atomic mass is 10.0. The second-order valence-corrected chi connectivity index (χ2v) is 9.12. The Morgan fingerprint density at radius 2 is 1.80 bits per heavy atom. The molecule has 1 fully saturated rings. The van der Waals surface area contributed by atoms with Crippen LogP contribution in [-0.2, 0) is 0 Å². The van der Waals surface area contributed by atoms with Crippen LogP contribution in [0.15, 0.2) is 42.5 Å². The lowest BCUT2D eigenvalue weighted by molar-refractivity contribution is -0.469. The van der Waals surface area contributed by atoms with Gasteiger partial charge in [-0.2, -0.15) is 0 Å². The quantitative estimate of drug-likeness (QED) is 0.560. The molecule has 4 rings (SSSR count). The highest BCUT2D eigenvalue weighted by atomic mass is 19.1. The van der Waals surface area contributed by atoms with Crippen molar-refractivity contribution in [2.24, 2.45) is 0 Å². The van der Waals surface area contributed by atoms with Crippen LogP contribution in [0.2, 0.25) is 0 Å². The first-order valence-electron chi connectivity index (χ1n) is 11.5. The molecule has 2 unspecified atom stereocenters. The Labute approximate surface area is 202 Å². The molecule has 10 heteroatoms. The first kappa shape index (κ1) is 24.6. The molecule has 2 aromatic carbocycles. The van der Waals surface area contributed by atoms with Crippen molar-refractivity contribution in [2.45, 2.75) is 26.0 Å². The van der Waals surface area contributed by atoms with Crippen LogP contribution in [0.4, 0.5) is 10.1 Å². The van der Waals surface area contributed by atoms with E-state index in [1.54, 1.807) is 31.2 Å². The highest BCUT2D eigenvalue weighted by Crippen LogP contribution is 2.27. The second kappa shape index (κ2) is 9.63. The fourth-order valence-electron chi connectivity index (χ4n) is 4.43. The van der Waals surface area contributed by atoms with Gasteiger partial charge in [-0.25, -0.2) is 4.39 Å². The van der Waals surface area contributed by atoms with Gasteiger partial charge in [0.05, 0.1) is 28.0 Å². The zero-order chi connectivity index (χ0) is 25.4. The number of halogens is 1. The van der Waals surface area contributed by atoms with Crippen molar-refractivity contribution < 1.29 is 18.7 Å². The SMILES string of the molecule is Cc1c(C(=O)N(C)C(C)C(O)c2ccccc2)[n+](=O)c2cc(N3CCN(C)CC3)c(F)cc2n1[O-]. The first-order chi connectivity index (χ1) is 16.6. The monoisotopic (exact) mass is 483 g/mol. The predicted octanol–water partition coefficient (Wildman–Crippen LogP) is 2.30. The van der Waals surface area contributed by atoms with E-state index in [0.717, 1.165) is 19.2 Å². The predicted molar refractivity (Wildman–Crippen MR) is 131 cm³/mol. The molecule has 35 heavy (non-hydrogen) atoms. The largest absolute Gasteiger partial charge is 0.805 e. The van der Waals surface area contributed by atoms with E-state index in [4.69, 9.17) is 0 Å². The highest BCUT2D eigenvalue weighted by Gasteiger charge is 2.34. The van der Waals surface area contributed by atoms with Crippen molar-refractivity contribution >= 4 is 22.6 Å². The van der Waals surface area contributed by atoms with Gasteiger partial charge in [0.15, 0.2) is 0 Å². The average molecular weight is 484 g/mol. The summed E-state index contributed by atoms with van der Waals surface area (Å²) in [4.78, 5) is 32.0.